The molecule has 0 bridgehead atoms. The topological polar surface area (TPSA) is 26.0 Å². The van der Waals surface area contributed by atoms with Gasteiger partial charge in [-0.3, -0.25) is 0 Å². The predicted molar refractivity (Wildman–Crippen MR) is 68.3 cm³/mol. The molecule has 0 atom stereocenters. The second-order valence-corrected chi connectivity index (χ2v) is 5.67. The highest BCUT2D eigenvalue weighted by atomic mass is 79.9. The maximum Gasteiger partial charge on any atom is 0.142 e. The molecule has 88 valence electrons. The van der Waals surface area contributed by atoms with Crippen LogP contribution in [0.2, 0.25) is 5.02 Å². The highest BCUT2D eigenvalue weighted by Gasteiger charge is 2.38. The molecule has 0 spiro atoms. The standard InChI is InChI=1S/C12H14BrClFN/c13-8-3-4-9(14)10(11(8)15)12(7-16)5-1-2-6-12/h3-4H,1-2,5-7,16H2. The first-order valence-corrected chi connectivity index (χ1v) is 6.62. The summed E-state index contributed by atoms with van der Waals surface area (Å²) >= 11 is 9.34. The van der Waals surface area contributed by atoms with Crippen LogP contribution in [0.5, 0.6) is 0 Å². The van der Waals surface area contributed by atoms with Gasteiger partial charge in [0.05, 0.1) is 4.47 Å². The van der Waals surface area contributed by atoms with Crippen molar-refractivity contribution in [2.45, 2.75) is 31.1 Å². The third kappa shape index (κ3) is 1.89. The Labute approximate surface area is 108 Å². The Morgan fingerprint density at radius 3 is 2.56 bits per heavy atom. The van der Waals surface area contributed by atoms with E-state index in [0.29, 0.717) is 21.6 Å². The molecule has 0 saturated heterocycles. The van der Waals surface area contributed by atoms with Gasteiger partial charge in [-0.2, -0.15) is 0 Å². The molecule has 0 amide bonds. The first-order valence-electron chi connectivity index (χ1n) is 5.45. The number of hydrogen-bond acceptors (Lipinski definition) is 1. The van der Waals surface area contributed by atoms with Crippen molar-refractivity contribution in [3.8, 4) is 0 Å². The smallest absolute Gasteiger partial charge is 0.142 e. The van der Waals surface area contributed by atoms with Crippen molar-refractivity contribution in [2.24, 2.45) is 5.73 Å². The second kappa shape index (κ2) is 4.63. The van der Waals surface area contributed by atoms with Crippen molar-refractivity contribution in [2.75, 3.05) is 6.54 Å². The Morgan fingerprint density at radius 2 is 2.00 bits per heavy atom. The quantitative estimate of drug-likeness (QED) is 0.821. The molecule has 1 nitrogen and oxygen atoms in total. The fraction of sp³-hybridized carbons (Fsp3) is 0.500. The lowest BCUT2D eigenvalue weighted by Gasteiger charge is -2.29. The zero-order chi connectivity index (χ0) is 11.8. The number of rotatable bonds is 2. The zero-order valence-electron chi connectivity index (χ0n) is 8.90. The van der Waals surface area contributed by atoms with Gasteiger partial charge >= 0.3 is 0 Å². The van der Waals surface area contributed by atoms with Crippen LogP contribution in [0, 0.1) is 5.82 Å². The average Bonchev–Trinajstić information content (AvgIpc) is 2.74. The molecular weight excluding hydrogens is 292 g/mol. The van der Waals surface area contributed by atoms with E-state index in [1.54, 1.807) is 12.1 Å². The van der Waals surface area contributed by atoms with E-state index < -0.39 is 0 Å². The van der Waals surface area contributed by atoms with Gasteiger partial charge in [-0.05, 0) is 40.9 Å². The van der Waals surface area contributed by atoms with Gasteiger partial charge in [0, 0.05) is 22.5 Å². The molecule has 1 fully saturated rings. The minimum atomic E-state index is -0.259. The molecule has 0 radical (unpaired) electrons. The maximum atomic E-state index is 14.2. The van der Waals surface area contributed by atoms with Crippen LogP contribution in [0.3, 0.4) is 0 Å². The molecule has 0 aromatic heterocycles. The van der Waals surface area contributed by atoms with Crippen LogP contribution in [0.25, 0.3) is 0 Å². The molecular formula is C12H14BrClFN. The molecule has 2 rings (SSSR count). The van der Waals surface area contributed by atoms with E-state index in [-0.39, 0.29) is 11.2 Å². The molecule has 1 aromatic rings. The van der Waals surface area contributed by atoms with Crippen LogP contribution >= 0.6 is 27.5 Å². The van der Waals surface area contributed by atoms with E-state index >= 15 is 0 Å². The molecule has 0 aliphatic heterocycles. The lowest BCUT2D eigenvalue weighted by atomic mass is 9.78. The normalized spacial score (nSPS) is 19.0. The van der Waals surface area contributed by atoms with E-state index in [4.69, 9.17) is 17.3 Å². The summed E-state index contributed by atoms with van der Waals surface area (Å²) in [6, 6.07) is 3.38. The van der Waals surface area contributed by atoms with Crippen molar-refractivity contribution >= 4 is 27.5 Å². The summed E-state index contributed by atoms with van der Waals surface area (Å²) < 4.78 is 14.6. The predicted octanol–water partition coefficient (Wildman–Crippen LogP) is 4.01. The number of halogens is 3. The van der Waals surface area contributed by atoms with Crippen molar-refractivity contribution in [3.63, 3.8) is 0 Å². The molecule has 0 heterocycles. The summed E-state index contributed by atoms with van der Waals surface area (Å²) in [6.45, 7) is 0.458. The summed E-state index contributed by atoms with van der Waals surface area (Å²) in [4.78, 5) is 0. The van der Waals surface area contributed by atoms with Gasteiger partial charge in [0.15, 0.2) is 0 Å². The van der Waals surface area contributed by atoms with Gasteiger partial charge in [-0.15, -0.1) is 0 Å². The van der Waals surface area contributed by atoms with Crippen LogP contribution < -0.4 is 5.73 Å². The summed E-state index contributed by atoms with van der Waals surface area (Å²) in [7, 11) is 0. The average molecular weight is 307 g/mol. The van der Waals surface area contributed by atoms with E-state index in [1.807, 2.05) is 0 Å². The SMILES string of the molecule is NCC1(c2c(Cl)ccc(Br)c2F)CCCC1. The Kier molecular flexibility index (Phi) is 3.57. The lowest BCUT2D eigenvalue weighted by Crippen LogP contribution is -2.33. The molecule has 1 saturated carbocycles. The third-order valence-electron chi connectivity index (χ3n) is 3.53. The molecule has 2 N–H and O–H groups in total. The number of nitrogens with two attached hydrogens (primary N) is 1. The highest BCUT2D eigenvalue weighted by Crippen LogP contribution is 2.45. The monoisotopic (exact) mass is 305 g/mol. The van der Waals surface area contributed by atoms with Crippen LogP contribution in [0.4, 0.5) is 4.39 Å². The van der Waals surface area contributed by atoms with E-state index in [9.17, 15) is 4.39 Å². The Balaban J connectivity index is 2.57. The molecule has 0 unspecified atom stereocenters. The van der Waals surface area contributed by atoms with Gasteiger partial charge in [-0.25, -0.2) is 4.39 Å². The first-order chi connectivity index (χ1) is 7.60. The van der Waals surface area contributed by atoms with Crippen molar-refractivity contribution in [1.82, 2.24) is 0 Å². The summed E-state index contributed by atoms with van der Waals surface area (Å²) in [5.74, 6) is -0.250. The Hall–Kier alpha value is -0.120. The summed E-state index contributed by atoms with van der Waals surface area (Å²) in [5, 5.41) is 0.494. The van der Waals surface area contributed by atoms with Crippen LogP contribution in [-0.4, -0.2) is 6.54 Å². The van der Waals surface area contributed by atoms with Gasteiger partial charge in [0.25, 0.3) is 0 Å². The fourth-order valence-electron chi connectivity index (χ4n) is 2.62. The van der Waals surface area contributed by atoms with E-state index in [2.05, 4.69) is 15.9 Å². The first kappa shape index (κ1) is 12.3. The summed E-state index contributed by atoms with van der Waals surface area (Å²) in [6.07, 6.45) is 4.05. The van der Waals surface area contributed by atoms with Gasteiger partial charge in [0.2, 0.25) is 0 Å². The van der Waals surface area contributed by atoms with E-state index in [0.717, 1.165) is 25.7 Å². The van der Waals surface area contributed by atoms with Gasteiger partial charge in [0.1, 0.15) is 5.82 Å². The molecule has 1 aliphatic carbocycles. The number of hydrogen-bond donors (Lipinski definition) is 1. The Bertz CT molecular complexity index is 402. The van der Waals surface area contributed by atoms with Crippen molar-refractivity contribution in [1.29, 1.82) is 0 Å². The zero-order valence-corrected chi connectivity index (χ0v) is 11.2. The summed E-state index contributed by atoms with van der Waals surface area (Å²) in [5.41, 5.74) is 6.19. The van der Waals surface area contributed by atoms with Crippen LogP contribution in [0.1, 0.15) is 31.2 Å². The van der Waals surface area contributed by atoms with Crippen molar-refractivity contribution < 1.29 is 4.39 Å². The van der Waals surface area contributed by atoms with Crippen LogP contribution in [-0.2, 0) is 5.41 Å². The minimum absolute atomic E-state index is 0.250. The fourth-order valence-corrected chi connectivity index (χ4v) is 3.30. The molecule has 4 heteroatoms. The van der Waals surface area contributed by atoms with Gasteiger partial charge in [-0.1, -0.05) is 24.4 Å². The van der Waals surface area contributed by atoms with Gasteiger partial charge < -0.3 is 5.73 Å². The third-order valence-corrected chi connectivity index (χ3v) is 4.45. The molecule has 16 heavy (non-hydrogen) atoms. The van der Waals surface area contributed by atoms with Crippen molar-refractivity contribution in [3.05, 3.63) is 33.0 Å². The minimum Gasteiger partial charge on any atom is -0.330 e. The molecule has 1 aliphatic rings. The largest absolute Gasteiger partial charge is 0.330 e. The highest BCUT2D eigenvalue weighted by molar-refractivity contribution is 9.10. The Morgan fingerprint density at radius 1 is 1.38 bits per heavy atom. The lowest BCUT2D eigenvalue weighted by molar-refractivity contribution is 0.426. The number of benzene rings is 1. The van der Waals surface area contributed by atoms with Crippen LogP contribution in [0.15, 0.2) is 16.6 Å². The maximum absolute atomic E-state index is 14.2. The van der Waals surface area contributed by atoms with E-state index in [1.165, 1.54) is 0 Å². The second-order valence-electron chi connectivity index (χ2n) is 4.41. The molecule has 1 aromatic carbocycles.